The molecular formula is C9H7Cl2NO2S. The zero-order valence-corrected chi connectivity index (χ0v) is 10.1. The van der Waals surface area contributed by atoms with Crippen LogP contribution in [0, 0.1) is 0 Å². The fourth-order valence-corrected chi connectivity index (χ4v) is 2.97. The molecule has 0 unspecified atom stereocenters. The highest BCUT2D eigenvalue weighted by atomic mass is 35.7. The average Bonchev–Trinajstić information content (AvgIpc) is 2.44. The van der Waals surface area contributed by atoms with Crippen LogP contribution in [0.25, 0.3) is 10.9 Å². The summed E-state index contributed by atoms with van der Waals surface area (Å²) in [5, 5.41) is 1.04. The quantitative estimate of drug-likeness (QED) is 0.743. The topological polar surface area (TPSA) is 39.1 Å². The van der Waals surface area contributed by atoms with Crippen molar-refractivity contribution >= 4 is 42.2 Å². The number of hydrogen-bond acceptors (Lipinski definition) is 2. The van der Waals surface area contributed by atoms with Crippen molar-refractivity contribution in [2.24, 2.45) is 7.05 Å². The van der Waals surface area contributed by atoms with Crippen LogP contribution in [0.3, 0.4) is 0 Å². The summed E-state index contributed by atoms with van der Waals surface area (Å²) in [5.74, 6) is 0. The van der Waals surface area contributed by atoms with Gasteiger partial charge in [-0.1, -0.05) is 23.7 Å². The third-order valence-electron chi connectivity index (χ3n) is 2.18. The SMILES string of the molecule is Cn1cc(S(=O)(=O)Cl)c2cccc(Cl)c21. The van der Waals surface area contributed by atoms with Crippen molar-refractivity contribution in [1.29, 1.82) is 0 Å². The molecule has 0 N–H and O–H groups in total. The molecule has 15 heavy (non-hydrogen) atoms. The van der Waals surface area contributed by atoms with Gasteiger partial charge >= 0.3 is 0 Å². The fraction of sp³-hybridized carbons (Fsp3) is 0.111. The lowest BCUT2D eigenvalue weighted by Gasteiger charge is -1.97. The third-order valence-corrected chi connectivity index (χ3v) is 3.83. The van der Waals surface area contributed by atoms with Crippen LogP contribution in [0.15, 0.2) is 29.3 Å². The first kappa shape index (κ1) is 10.8. The molecular weight excluding hydrogens is 257 g/mol. The summed E-state index contributed by atoms with van der Waals surface area (Å²) in [5.41, 5.74) is 0.665. The molecule has 6 heteroatoms. The molecule has 0 amide bonds. The summed E-state index contributed by atoms with van der Waals surface area (Å²) < 4.78 is 24.2. The second-order valence-corrected chi connectivity index (χ2v) is 6.12. The Hall–Kier alpha value is -0.710. The predicted molar refractivity (Wildman–Crippen MR) is 61.0 cm³/mol. The van der Waals surface area contributed by atoms with Crippen molar-refractivity contribution in [2.75, 3.05) is 0 Å². The highest BCUT2D eigenvalue weighted by Gasteiger charge is 2.18. The molecule has 0 aliphatic carbocycles. The number of rotatable bonds is 1. The van der Waals surface area contributed by atoms with Crippen LogP contribution >= 0.6 is 22.3 Å². The molecule has 0 saturated carbocycles. The van der Waals surface area contributed by atoms with Gasteiger partial charge in [0, 0.05) is 29.3 Å². The molecule has 0 spiro atoms. The molecule has 2 aromatic rings. The van der Waals surface area contributed by atoms with E-state index in [1.165, 1.54) is 6.20 Å². The Labute approximate surface area is 96.6 Å². The molecule has 0 atom stereocenters. The molecule has 0 fully saturated rings. The molecule has 0 aliphatic heterocycles. The Kier molecular flexibility index (Phi) is 2.45. The minimum absolute atomic E-state index is 0.0872. The molecule has 1 heterocycles. The number of halogens is 2. The van der Waals surface area contributed by atoms with Crippen LogP contribution in [0.4, 0.5) is 0 Å². The van der Waals surface area contributed by atoms with Gasteiger partial charge in [0.1, 0.15) is 4.90 Å². The zero-order valence-electron chi connectivity index (χ0n) is 7.74. The number of aromatic nitrogens is 1. The van der Waals surface area contributed by atoms with E-state index in [2.05, 4.69) is 0 Å². The Balaban J connectivity index is 2.98. The van der Waals surface area contributed by atoms with Crippen molar-refractivity contribution in [3.63, 3.8) is 0 Å². The van der Waals surface area contributed by atoms with Crippen LogP contribution in [-0.2, 0) is 16.1 Å². The highest BCUT2D eigenvalue weighted by Crippen LogP contribution is 2.31. The zero-order chi connectivity index (χ0) is 11.2. The number of nitrogens with zero attached hydrogens (tertiary/aromatic N) is 1. The van der Waals surface area contributed by atoms with Gasteiger partial charge in [0.05, 0.1) is 10.5 Å². The highest BCUT2D eigenvalue weighted by molar-refractivity contribution is 8.14. The summed E-state index contributed by atoms with van der Waals surface area (Å²) >= 11 is 5.97. The van der Waals surface area contributed by atoms with Gasteiger partial charge in [-0.15, -0.1) is 0 Å². The maximum Gasteiger partial charge on any atom is 0.263 e. The summed E-state index contributed by atoms with van der Waals surface area (Å²) in [4.78, 5) is 0.0872. The van der Waals surface area contributed by atoms with Crippen LogP contribution in [0.5, 0.6) is 0 Å². The number of benzene rings is 1. The molecule has 80 valence electrons. The Morgan fingerprint density at radius 2 is 2.00 bits per heavy atom. The van der Waals surface area contributed by atoms with Gasteiger partial charge < -0.3 is 4.57 Å². The van der Waals surface area contributed by atoms with Crippen LogP contribution in [0.2, 0.25) is 5.02 Å². The van der Waals surface area contributed by atoms with E-state index in [4.69, 9.17) is 22.3 Å². The first-order valence-corrected chi connectivity index (χ1v) is 6.78. The summed E-state index contributed by atoms with van der Waals surface area (Å²) in [7, 11) is 3.31. The Bertz CT molecular complexity index is 631. The second kappa shape index (κ2) is 3.40. The van der Waals surface area contributed by atoms with Gasteiger partial charge in [-0.05, 0) is 6.07 Å². The minimum Gasteiger partial charge on any atom is -0.348 e. The second-order valence-electron chi connectivity index (χ2n) is 3.18. The first-order chi connectivity index (χ1) is 6.91. The van der Waals surface area contributed by atoms with E-state index in [0.29, 0.717) is 15.9 Å². The van der Waals surface area contributed by atoms with E-state index < -0.39 is 9.05 Å². The summed E-state index contributed by atoms with van der Waals surface area (Å²) in [6.07, 6.45) is 1.46. The Morgan fingerprint density at radius 3 is 2.60 bits per heavy atom. The van der Waals surface area contributed by atoms with E-state index in [1.807, 2.05) is 0 Å². The van der Waals surface area contributed by atoms with E-state index in [-0.39, 0.29) is 4.90 Å². The van der Waals surface area contributed by atoms with Gasteiger partial charge in [-0.3, -0.25) is 0 Å². The molecule has 3 nitrogen and oxygen atoms in total. The van der Waals surface area contributed by atoms with E-state index in [1.54, 1.807) is 29.8 Å². The largest absolute Gasteiger partial charge is 0.348 e. The number of para-hydroxylation sites is 1. The maximum absolute atomic E-state index is 11.3. The summed E-state index contributed by atoms with van der Waals surface area (Å²) in [6, 6.07) is 5.07. The van der Waals surface area contributed by atoms with Gasteiger partial charge in [0.25, 0.3) is 9.05 Å². The molecule has 0 radical (unpaired) electrons. The van der Waals surface area contributed by atoms with Gasteiger partial charge in [0.2, 0.25) is 0 Å². The van der Waals surface area contributed by atoms with Crippen LogP contribution in [0.1, 0.15) is 0 Å². The molecule has 0 saturated heterocycles. The first-order valence-electron chi connectivity index (χ1n) is 4.09. The molecule has 1 aromatic heterocycles. The molecule has 2 rings (SSSR count). The average molecular weight is 264 g/mol. The van der Waals surface area contributed by atoms with Crippen LogP contribution < -0.4 is 0 Å². The third kappa shape index (κ3) is 1.73. The lowest BCUT2D eigenvalue weighted by Crippen LogP contribution is -1.88. The van der Waals surface area contributed by atoms with Crippen molar-refractivity contribution in [1.82, 2.24) is 4.57 Å². The van der Waals surface area contributed by atoms with Gasteiger partial charge in [-0.2, -0.15) is 0 Å². The van der Waals surface area contributed by atoms with Crippen LogP contribution in [-0.4, -0.2) is 13.0 Å². The van der Waals surface area contributed by atoms with Crippen molar-refractivity contribution in [3.8, 4) is 0 Å². The normalized spacial score (nSPS) is 12.2. The van der Waals surface area contributed by atoms with Gasteiger partial charge in [-0.25, -0.2) is 8.42 Å². The molecule has 0 bridgehead atoms. The minimum atomic E-state index is -3.73. The molecule has 1 aromatic carbocycles. The predicted octanol–water partition coefficient (Wildman–Crippen LogP) is 2.76. The lowest BCUT2D eigenvalue weighted by atomic mass is 10.2. The maximum atomic E-state index is 11.3. The molecule has 0 aliphatic rings. The van der Waals surface area contributed by atoms with Crippen molar-refractivity contribution < 1.29 is 8.42 Å². The monoisotopic (exact) mass is 263 g/mol. The standard InChI is InChI=1S/C9H7Cl2NO2S/c1-12-5-8(15(11,13)14)6-3-2-4-7(10)9(6)12/h2-5H,1H3. The smallest absolute Gasteiger partial charge is 0.263 e. The summed E-state index contributed by atoms with van der Waals surface area (Å²) in [6.45, 7) is 0. The van der Waals surface area contributed by atoms with Gasteiger partial charge in [0.15, 0.2) is 0 Å². The van der Waals surface area contributed by atoms with E-state index >= 15 is 0 Å². The van der Waals surface area contributed by atoms with Crippen molar-refractivity contribution in [2.45, 2.75) is 4.90 Å². The number of aryl methyl sites for hydroxylation is 1. The Morgan fingerprint density at radius 1 is 1.33 bits per heavy atom. The van der Waals surface area contributed by atoms with Crippen molar-refractivity contribution in [3.05, 3.63) is 29.4 Å². The lowest BCUT2D eigenvalue weighted by molar-refractivity contribution is 0.610. The van der Waals surface area contributed by atoms with E-state index in [9.17, 15) is 8.42 Å². The van der Waals surface area contributed by atoms with E-state index in [0.717, 1.165) is 0 Å². The number of hydrogen-bond donors (Lipinski definition) is 0. The number of fused-ring (bicyclic) bond motifs is 1. The fourth-order valence-electron chi connectivity index (χ4n) is 1.58.